The summed E-state index contributed by atoms with van der Waals surface area (Å²) in [5.74, 6) is -0.274. The summed E-state index contributed by atoms with van der Waals surface area (Å²) in [6.07, 6.45) is 0. The van der Waals surface area contributed by atoms with Crippen molar-refractivity contribution >= 4 is 29.1 Å². The lowest BCUT2D eigenvalue weighted by Gasteiger charge is -2.27. The SMILES string of the molecule is CCN(C(=O)CN(Cc1ccccc1Cl)C(C)=O)c1cccc(C)c1. The van der Waals surface area contributed by atoms with Crippen LogP contribution in [0.3, 0.4) is 0 Å². The molecular weight excluding hydrogens is 336 g/mol. The van der Waals surface area contributed by atoms with E-state index in [1.54, 1.807) is 11.0 Å². The molecular formula is C20H23ClN2O2. The molecule has 2 amide bonds. The van der Waals surface area contributed by atoms with E-state index >= 15 is 0 Å². The zero-order chi connectivity index (χ0) is 18.4. The standard InChI is InChI=1S/C20H23ClN2O2/c1-4-23(18-10-7-8-15(2)12-18)20(25)14-22(16(3)24)13-17-9-5-6-11-19(17)21/h5-12H,4,13-14H2,1-3H3. The van der Waals surface area contributed by atoms with Crippen LogP contribution < -0.4 is 4.90 Å². The molecule has 0 saturated heterocycles. The minimum Gasteiger partial charge on any atom is -0.329 e. The van der Waals surface area contributed by atoms with Crippen LogP contribution in [0.15, 0.2) is 48.5 Å². The van der Waals surface area contributed by atoms with Crippen LogP contribution in [0.1, 0.15) is 25.0 Å². The lowest BCUT2D eigenvalue weighted by Crippen LogP contribution is -2.42. The molecule has 0 radical (unpaired) electrons. The first-order valence-corrected chi connectivity index (χ1v) is 8.66. The largest absolute Gasteiger partial charge is 0.329 e. The first-order chi connectivity index (χ1) is 11.9. The third-order valence-corrected chi connectivity index (χ3v) is 4.39. The van der Waals surface area contributed by atoms with Gasteiger partial charge >= 0.3 is 0 Å². The smallest absolute Gasteiger partial charge is 0.246 e. The zero-order valence-corrected chi connectivity index (χ0v) is 15.6. The van der Waals surface area contributed by atoms with Crippen molar-refractivity contribution in [1.29, 1.82) is 0 Å². The van der Waals surface area contributed by atoms with Gasteiger partial charge in [-0.15, -0.1) is 0 Å². The summed E-state index contributed by atoms with van der Waals surface area (Å²) in [5.41, 5.74) is 2.75. The number of likely N-dealkylation sites (N-methyl/N-ethyl adjacent to an activating group) is 1. The van der Waals surface area contributed by atoms with E-state index in [4.69, 9.17) is 11.6 Å². The summed E-state index contributed by atoms with van der Waals surface area (Å²) in [5, 5.41) is 0.590. The topological polar surface area (TPSA) is 40.6 Å². The molecule has 0 aliphatic rings. The van der Waals surface area contributed by atoms with E-state index in [1.165, 1.54) is 11.8 Å². The van der Waals surface area contributed by atoms with Crippen LogP contribution in [0.25, 0.3) is 0 Å². The Hall–Kier alpha value is -2.33. The molecule has 25 heavy (non-hydrogen) atoms. The highest BCUT2D eigenvalue weighted by molar-refractivity contribution is 6.31. The van der Waals surface area contributed by atoms with Gasteiger partial charge in [0.15, 0.2) is 0 Å². The third-order valence-electron chi connectivity index (χ3n) is 4.02. The van der Waals surface area contributed by atoms with Crippen LogP contribution in [0, 0.1) is 6.92 Å². The Balaban J connectivity index is 2.16. The van der Waals surface area contributed by atoms with Gasteiger partial charge in [0.05, 0.1) is 0 Å². The fourth-order valence-electron chi connectivity index (χ4n) is 2.66. The molecule has 2 rings (SSSR count). The molecule has 0 fully saturated rings. The summed E-state index contributed by atoms with van der Waals surface area (Å²) in [6.45, 7) is 6.25. The van der Waals surface area contributed by atoms with Crippen LogP contribution in [0.5, 0.6) is 0 Å². The maximum atomic E-state index is 12.8. The Labute approximate surface area is 154 Å². The molecule has 132 valence electrons. The van der Waals surface area contributed by atoms with Crippen molar-refractivity contribution in [2.24, 2.45) is 0 Å². The van der Waals surface area contributed by atoms with Crippen LogP contribution >= 0.6 is 11.6 Å². The van der Waals surface area contributed by atoms with Crippen LogP contribution in [0.2, 0.25) is 5.02 Å². The van der Waals surface area contributed by atoms with Gasteiger partial charge in [-0.25, -0.2) is 0 Å². The second-order valence-corrected chi connectivity index (χ2v) is 6.35. The molecule has 5 heteroatoms. The van der Waals surface area contributed by atoms with Gasteiger partial charge in [-0.3, -0.25) is 9.59 Å². The van der Waals surface area contributed by atoms with Crippen molar-refractivity contribution in [2.45, 2.75) is 27.3 Å². The summed E-state index contributed by atoms with van der Waals surface area (Å²) in [6, 6.07) is 15.1. The molecule has 2 aromatic carbocycles. The van der Waals surface area contributed by atoms with Crippen molar-refractivity contribution in [3.8, 4) is 0 Å². The number of anilines is 1. The molecule has 0 bridgehead atoms. The van der Waals surface area contributed by atoms with Crippen molar-refractivity contribution in [1.82, 2.24) is 4.90 Å². The van der Waals surface area contributed by atoms with Crippen molar-refractivity contribution < 1.29 is 9.59 Å². The average Bonchev–Trinajstić information content (AvgIpc) is 2.57. The molecule has 0 aromatic heterocycles. The van der Waals surface area contributed by atoms with Crippen LogP contribution in [0.4, 0.5) is 5.69 Å². The quantitative estimate of drug-likeness (QED) is 0.781. The number of carbonyl (C=O) groups is 2. The fraction of sp³-hybridized carbons (Fsp3) is 0.300. The number of benzene rings is 2. The molecule has 0 heterocycles. The Bertz CT molecular complexity index is 761. The highest BCUT2D eigenvalue weighted by Crippen LogP contribution is 2.19. The number of hydrogen-bond donors (Lipinski definition) is 0. The second-order valence-electron chi connectivity index (χ2n) is 5.94. The summed E-state index contributed by atoms with van der Waals surface area (Å²) in [7, 11) is 0. The fourth-order valence-corrected chi connectivity index (χ4v) is 2.85. The molecule has 2 aromatic rings. The van der Waals surface area contributed by atoms with E-state index in [0.717, 1.165) is 16.8 Å². The van der Waals surface area contributed by atoms with E-state index in [9.17, 15) is 9.59 Å². The molecule has 0 saturated carbocycles. The molecule has 0 spiro atoms. The lowest BCUT2D eigenvalue weighted by molar-refractivity contribution is -0.134. The molecule has 0 unspecified atom stereocenters. The summed E-state index contributed by atoms with van der Waals surface area (Å²) >= 11 is 6.18. The first-order valence-electron chi connectivity index (χ1n) is 8.28. The Morgan fingerprint density at radius 2 is 1.80 bits per heavy atom. The van der Waals surface area contributed by atoms with E-state index in [2.05, 4.69) is 0 Å². The molecule has 0 N–H and O–H groups in total. The Kier molecular flexibility index (Phi) is 6.59. The Morgan fingerprint density at radius 3 is 2.40 bits per heavy atom. The number of halogens is 1. The van der Waals surface area contributed by atoms with Gasteiger partial charge in [0.1, 0.15) is 6.54 Å². The average molecular weight is 359 g/mol. The zero-order valence-electron chi connectivity index (χ0n) is 14.8. The maximum Gasteiger partial charge on any atom is 0.246 e. The van der Waals surface area contributed by atoms with Crippen molar-refractivity contribution in [2.75, 3.05) is 18.0 Å². The van der Waals surface area contributed by atoms with Gasteiger partial charge in [-0.2, -0.15) is 0 Å². The molecule has 0 aliphatic heterocycles. The predicted octanol–water partition coefficient (Wildman–Crippen LogP) is 4.05. The molecule has 0 aliphatic carbocycles. The van der Waals surface area contributed by atoms with Crippen molar-refractivity contribution in [3.05, 3.63) is 64.7 Å². The maximum absolute atomic E-state index is 12.8. The number of amides is 2. The summed E-state index contributed by atoms with van der Waals surface area (Å²) < 4.78 is 0. The van der Waals surface area contributed by atoms with Gasteiger partial charge < -0.3 is 9.80 Å². The van der Waals surface area contributed by atoms with Gasteiger partial charge in [-0.05, 0) is 43.2 Å². The van der Waals surface area contributed by atoms with Crippen LogP contribution in [-0.2, 0) is 16.1 Å². The number of rotatable bonds is 6. The summed E-state index contributed by atoms with van der Waals surface area (Å²) in [4.78, 5) is 28.0. The highest BCUT2D eigenvalue weighted by atomic mass is 35.5. The van der Waals surface area contributed by atoms with Gasteiger partial charge in [-0.1, -0.05) is 41.9 Å². The first kappa shape index (κ1) is 19.0. The highest BCUT2D eigenvalue weighted by Gasteiger charge is 2.20. The monoisotopic (exact) mass is 358 g/mol. The minimum atomic E-state index is -0.159. The Morgan fingerprint density at radius 1 is 1.08 bits per heavy atom. The van der Waals surface area contributed by atoms with E-state index in [-0.39, 0.29) is 18.4 Å². The normalized spacial score (nSPS) is 10.4. The predicted molar refractivity (Wildman–Crippen MR) is 102 cm³/mol. The van der Waals surface area contributed by atoms with Crippen LogP contribution in [-0.4, -0.2) is 29.8 Å². The van der Waals surface area contributed by atoms with E-state index in [1.807, 2.05) is 56.3 Å². The minimum absolute atomic E-state index is 0.0162. The van der Waals surface area contributed by atoms with Gasteiger partial charge in [0.2, 0.25) is 11.8 Å². The number of hydrogen-bond acceptors (Lipinski definition) is 2. The number of carbonyl (C=O) groups excluding carboxylic acids is 2. The second kappa shape index (κ2) is 8.67. The molecule has 0 atom stereocenters. The van der Waals surface area contributed by atoms with Gasteiger partial charge in [0.25, 0.3) is 0 Å². The lowest BCUT2D eigenvalue weighted by atomic mass is 10.2. The molecule has 4 nitrogen and oxygen atoms in total. The van der Waals surface area contributed by atoms with E-state index < -0.39 is 0 Å². The van der Waals surface area contributed by atoms with Gasteiger partial charge in [0, 0.05) is 30.7 Å². The third kappa shape index (κ3) is 5.07. The van der Waals surface area contributed by atoms with Crippen molar-refractivity contribution in [3.63, 3.8) is 0 Å². The number of aryl methyl sites for hydroxylation is 1. The van der Waals surface area contributed by atoms with E-state index in [0.29, 0.717) is 18.1 Å². The number of nitrogens with zero attached hydrogens (tertiary/aromatic N) is 2.